The maximum Gasteiger partial charge on any atom is 0.241 e. The second kappa shape index (κ2) is 6.72. The molecule has 1 aromatic carbocycles. The smallest absolute Gasteiger partial charge is 0.241 e. The fraction of sp³-hybridized carbons (Fsp3) is 0.417. The first kappa shape index (κ1) is 17.2. The van der Waals surface area contributed by atoms with Gasteiger partial charge in [-0.3, -0.25) is 4.79 Å². The van der Waals surface area contributed by atoms with Gasteiger partial charge in [-0.05, 0) is 26.0 Å². The van der Waals surface area contributed by atoms with Crippen LogP contribution in [0.3, 0.4) is 0 Å². The molecule has 0 saturated carbocycles. The Kier molecular flexibility index (Phi) is 5.50. The van der Waals surface area contributed by atoms with Crippen molar-refractivity contribution >= 4 is 21.6 Å². The highest BCUT2D eigenvalue weighted by molar-refractivity contribution is 7.89. The Balaban J connectivity index is 2.91. The van der Waals surface area contributed by atoms with E-state index in [2.05, 4.69) is 10.0 Å². The van der Waals surface area contributed by atoms with Crippen LogP contribution in [-0.2, 0) is 14.8 Å². The number of carbonyl (C=O) groups excluding carboxylic acids is 1. The molecule has 9 heteroatoms. The van der Waals surface area contributed by atoms with Crippen LogP contribution in [0.2, 0.25) is 0 Å². The van der Waals surface area contributed by atoms with Crippen molar-refractivity contribution in [3.05, 3.63) is 17.9 Å². The van der Waals surface area contributed by atoms with E-state index < -0.39 is 28.3 Å². The van der Waals surface area contributed by atoms with Crippen molar-refractivity contribution in [3.63, 3.8) is 0 Å². The van der Waals surface area contributed by atoms with E-state index in [-0.39, 0.29) is 22.4 Å². The van der Waals surface area contributed by atoms with Crippen LogP contribution in [0.4, 0.5) is 10.1 Å². The summed E-state index contributed by atoms with van der Waals surface area (Å²) in [7, 11) is -2.83. The number of amides is 1. The number of nitrogens with two attached hydrogens (primary N) is 1. The second-order valence-electron chi connectivity index (χ2n) is 4.57. The van der Waals surface area contributed by atoms with Gasteiger partial charge in [-0.1, -0.05) is 0 Å². The van der Waals surface area contributed by atoms with Crippen molar-refractivity contribution in [1.82, 2.24) is 10.0 Å². The van der Waals surface area contributed by atoms with Crippen LogP contribution in [0.5, 0.6) is 5.75 Å². The first-order valence-electron chi connectivity index (χ1n) is 6.09. The molecule has 0 atom stereocenters. The molecule has 0 heterocycles. The summed E-state index contributed by atoms with van der Waals surface area (Å²) >= 11 is 0. The van der Waals surface area contributed by atoms with Gasteiger partial charge in [0.1, 0.15) is 0 Å². The lowest BCUT2D eigenvalue weighted by molar-refractivity contribution is -0.120. The summed E-state index contributed by atoms with van der Waals surface area (Å²) in [6, 6.07) is 1.72. The highest BCUT2D eigenvalue weighted by Crippen LogP contribution is 2.28. The highest BCUT2D eigenvalue weighted by atomic mass is 32.2. The van der Waals surface area contributed by atoms with Crippen molar-refractivity contribution < 1.29 is 22.3 Å². The monoisotopic (exact) mass is 319 g/mol. The van der Waals surface area contributed by atoms with Gasteiger partial charge in [0, 0.05) is 6.04 Å². The van der Waals surface area contributed by atoms with Crippen LogP contribution in [-0.4, -0.2) is 34.0 Å². The maximum atomic E-state index is 13.6. The Morgan fingerprint density at radius 3 is 2.52 bits per heavy atom. The third kappa shape index (κ3) is 4.57. The Hall–Kier alpha value is -1.87. The average Bonchev–Trinajstić information content (AvgIpc) is 2.35. The molecule has 0 spiro atoms. The molecular formula is C12H18FN3O4S. The number of sulfonamides is 1. The fourth-order valence-electron chi connectivity index (χ4n) is 1.58. The van der Waals surface area contributed by atoms with Gasteiger partial charge in [0.2, 0.25) is 15.9 Å². The zero-order valence-corrected chi connectivity index (χ0v) is 12.8. The number of nitrogens with one attached hydrogen (secondary N) is 2. The number of ether oxygens (including phenoxy) is 1. The molecule has 1 rings (SSSR count). The zero-order chi connectivity index (χ0) is 16.2. The number of halogens is 1. The van der Waals surface area contributed by atoms with Crippen molar-refractivity contribution in [3.8, 4) is 5.75 Å². The molecule has 0 unspecified atom stereocenters. The van der Waals surface area contributed by atoms with Crippen LogP contribution >= 0.6 is 0 Å². The lowest BCUT2D eigenvalue weighted by atomic mass is 10.3. The summed E-state index contributed by atoms with van der Waals surface area (Å²) in [5, 5.41) is 2.52. The molecule has 1 amide bonds. The Morgan fingerprint density at radius 1 is 1.43 bits per heavy atom. The normalized spacial score (nSPS) is 11.5. The van der Waals surface area contributed by atoms with E-state index in [1.54, 1.807) is 13.8 Å². The largest absolute Gasteiger partial charge is 0.492 e. The molecule has 7 nitrogen and oxygen atoms in total. The topological polar surface area (TPSA) is 111 Å². The van der Waals surface area contributed by atoms with Gasteiger partial charge < -0.3 is 15.8 Å². The van der Waals surface area contributed by atoms with Gasteiger partial charge in [-0.2, -0.15) is 0 Å². The lowest BCUT2D eigenvalue weighted by Crippen LogP contribution is -2.39. The number of hydrogen-bond donors (Lipinski definition) is 3. The van der Waals surface area contributed by atoms with E-state index in [1.807, 2.05) is 0 Å². The van der Waals surface area contributed by atoms with Gasteiger partial charge in [0.25, 0.3) is 0 Å². The molecular weight excluding hydrogens is 301 g/mol. The minimum absolute atomic E-state index is 0.115. The minimum atomic E-state index is -4.05. The average molecular weight is 319 g/mol. The van der Waals surface area contributed by atoms with E-state index in [1.165, 1.54) is 7.11 Å². The van der Waals surface area contributed by atoms with Crippen LogP contribution in [0, 0.1) is 5.82 Å². The molecule has 1 aromatic rings. The van der Waals surface area contributed by atoms with Crippen LogP contribution < -0.4 is 20.5 Å². The van der Waals surface area contributed by atoms with Crippen LogP contribution in [0.15, 0.2) is 17.0 Å². The number of carbonyl (C=O) groups is 1. The molecule has 0 aromatic heterocycles. The molecule has 0 saturated heterocycles. The number of anilines is 1. The van der Waals surface area contributed by atoms with Crippen molar-refractivity contribution in [1.29, 1.82) is 0 Å². The third-order valence-electron chi connectivity index (χ3n) is 2.43. The van der Waals surface area contributed by atoms with E-state index in [4.69, 9.17) is 10.5 Å². The Morgan fingerprint density at radius 2 is 2.05 bits per heavy atom. The molecule has 0 radical (unpaired) electrons. The van der Waals surface area contributed by atoms with Gasteiger partial charge in [0.05, 0.1) is 24.2 Å². The Labute approximate surface area is 122 Å². The number of methoxy groups -OCH3 is 1. The maximum absolute atomic E-state index is 13.6. The first-order chi connectivity index (χ1) is 9.67. The molecule has 118 valence electrons. The summed E-state index contributed by atoms with van der Waals surface area (Å²) < 4.78 is 44.4. The highest BCUT2D eigenvalue weighted by Gasteiger charge is 2.20. The van der Waals surface area contributed by atoms with Gasteiger partial charge in [0.15, 0.2) is 11.6 Å². The number of rotatable bonds is 6. The summed E-state index contributed by atoms with van der Waals surface area (Å²) in [5.41, 5.74) is 5.37. The SMILES string of the molecule is COc1c(N)cc(S(=O)(=O)NCC(=O)NC(C)C)cc1F. The van der Waals surface area contributed by atoms with Crippen molar-refractivity contribution in [2.45, 2.75) is 24.8 Å². The summed E-state index contributed by atoms with van der Waals surface area (Å²) in [6.45, 7) is 3.03. The van der Waals surface area contributed by atoms with E-state index in [9.17, 15) is 17.6 Å². The molecule has 0 aliphatic heterocycles. The number of nitrogen functional groups attached to an aromatic ring is 1. The zero-order valence-electron chi connectivity index (χ0n) is 11.9. The molecule has 4 N–H and O–H groups in total. The van der Waals surface area contributed by atoms with Crippen LogP contribution in [0.25, 0.3) is 0 Å². The number of benzene rings is 1. The van der Waals surface area contributed by atoms with Gasteiger partial charge in [-0.15, -0.1) is 0 Å². The lowest BCUT2D eigenvalue weighted by Gasteiger charge is -2.11. The summed E-state index contributed by atoms with van der Waals surface area (Å²) in [5.74, 6) is -1.62. The second-order valence-corrected chi connectivity index (χ2v) is 6.34. The quantitative estimate of drug-likeness (QED) is 0.650. The molecule has 0 bridgehead atoms. The molecule has 21 heavy (non-hydrogen) atoms. The van der Waals surface area contributed by atoms with E-state index in [0.29, 0.717) is 0 Å². The van der Waals surface area contributed by atoms with Gasteiger partial charge >= 0.3 is 0 Å². The molecule has 0 aliphatic rings. The predicted octanol–water partition coefficient (Wildman–Crippen LogP) is 0.219. The minimum Gasteiger partial charge on any atom is -0.492 e. The Bertz CT molecular complexity index is 608. The summed E-state index contributed by atoms with van der Waals surface area (Å²) in [4.78, 5) is 11.0. The van der Waals surface area contributed by atoms with Crippen molar-refractivity contribution in [2.24, 2.45) is 0 Å². The first-order valence-corrected chi connectivity index (χ1v) is 7.57. The van der Waals surface area contributed by atoms with E-state index in [0.717, 1.165) is 12.1 Å². The third-order valence-corrected chi connectivity index (χ3v) is 3.81. The predicted molar refractivity (Wildman–Crippen MR) is 75.8 cm³/mol. The summed E-state index contributed by atoms with van der Waals surface area (Å²) in [6.07, 6.45) is 0. The van der Waals surface area contributed by atoms with E-state index >= 15 is 0 Å². The van der Waals surface area contributed by atoms with Crippen molar-refractivity contribution in [2.75, 3.05) is 19.4 Å². The van der Waals surface area contributed by atoms with Gasteiger partial charge in [-0.25, -0.2) is 17.5 Å². The molecule has 0 aliphatic carbocycles. The molecule has 0 fully saturated rings. The van der Waals surface area contributed by atoms with Crippen LogP contribution in [0.1, 0.15) is 13.8 Å². The number of hydrogen-bond acceptors (Lipinski definition) is 5. The standard InChI is InChI=1S/C12H18FN3O4S/c1-7(2)16-11(17)6-15-21(18,19)8-4-9(13)12(20-3)10(14)5-8/h4-5,7,15H,6,14H2,1-3H3,(H,16,17). The fourth-order valence-corrected chi connectivity index (χ4v) is 2.60.